The average molecular weight is 303 g/mol. The molecule has 0 radical (unpaired) electrons. The normalized spacial score (nSPS) is 14.2. The molecule has 21 heavy (non-hydrogen) atoms. The van der Waals surface area contributed by atoms with Crippen LogP contribution < -0.4 is 10.2 Å². The van der Waals surface area contributed by atoms with Crippen LogP contribution in [0.15, 0.2) is 36.7 Å². The van der Waals surface area contributed by atoms with Crippen LogP contribution in [0.2, 0.25) is 5.15 Å². The summed E-state index contributed by atoms with van der Waals surface area (Å²) in [5.41, 5.74) is 2.07. The molecular weight excluding hydrogens is 288 g/mol. The first-order chi connectivity index (χ1) is 10.2. The summed E-state index contributed by atoms with van der Waals surface area (Å²) in [5.74, 6) is -0.316. The molecule has 0 bridgehead atoms. The number of aromatic nitrogens is 2. The van der Waals surface area contributed by atoms with E-state index >= 15 is 0 Å². The van der Waals surface area contributed by atoms with Crippen molar-refractivity contribution in [2.45, 2.75) is 12.8 Å². The van der Waals surface area contributed by atoms with Crippen molar-refractivity contribution < 1.29 is 4.79 Å². The topological polar surface area (TPSA) is 58.1 Å². The lowest BCUT2D eigenvalue weighted by Crippen LogP contribution is -2.18. The second-order valence-corrected chi connectivity index (χ2v) is 5.31. The molecule has 0 atom stereocenters. The summed E-state index contributed by atoms with van der Waals surface area (Å²) in [6.45, 7) is 2.13. The van der Waals surface area contributed by atoms with Crippen LogP contribution in [0, 0.1) is 0 Å². The second-order valence-electron chi connectivity index (χ2n) is 4.93. The van der Waals surface area contributed by atoms with Crippen molar-refractivity contribution in [3.8, 4) is 0 Å². The summed E-state index contributed by atoms with van der Waals surface area (Å²) in [4.78, 5) is 22.2. The molecule has 6 heteroatoms. The van der Waals surface area contributed by atoms with E-state index in [-0.39, 0.29) is 16.8 Å². The maximum absolute atomic E-state index is 12.1. The zero-order valence-corrected chi connectivity index (χ0v) is 12.2. The Morgan fingerprint density at radius 3 is 2.81 bits per heavy atom. The first kappa shape index (κ1) is 13.8. The molecule has 108 valence electrons. The molecule has 1 aliphatic heterocycles. The van der Waals surface area contributed by atoms with E-state index in [1.54, 1.807) is 0 Å². The summed E-state index contributed by atoms with van der Waals surface area (Å²) < 4.78 is 0. The van der Waals surface area contributed by atoms with Gasteiger partial charge in [-0.1, -0.05) is 17.7 Å². The lowest BCUT2D eigenvalue weighted by molar-refractivity contribution is 0.102. The number of hydrogen-bond donors (Lipinski definition) is 1. The molecule has 1 N–H and O–H groups in total. The van der Waals surface area contributed by atoms with Gasteiger partial charge in [0.2, 0.25) is 0 Å². The second kappa shape index (κ2) is 6.10. The lowest BCUT2D eigenvalue weighted by Gasteiger charge is -2.18. The summed E-state index contributed by atoms with van der Waals surface area (Å²) in [7, 11) is 0. The molecule has 1 aliphatic rings. The Morgan fingerprint density at radius 1 is 1.24 bits per heavy atom. The van der Waals surface area contributed by atoms with Gasteiger partial charge in [-0.25, -0.2) is 4.98 Å². The molecule has 1 amide bonds. The molecule has 3 rings (SSSR count). The third-order valence-electron chi connectivity index (χ3n) is 3.41. The van der Waals surface area contributed by atoms with E-state index in [4.69, 9.17) is 11.6 Å². The van der Waals surface area contributed by atoms with Gasteiger partial charge in [-0.2, -0.15) is 0 Å². The number of nitrogens with zero attached hydrogens (tertiary/aromatic N) is 3. The van der Waals surface area contributed by atoms with Crippen LogP contribution in [0.1, 0.15) is 23.3 Å². The van der Waals surface area contributed by atoms with Crippen LogP contribution in [-0.4, -0.2) is 29.0 Å². The zero-order valence-electron chi connectivity index (χ0n) is 11.4. The summed E-state index contributed by atoms with van der Waals surface area (Å²) >= 11 is 5.74. The van der Waals surface area contributed by atoms with Gasteiger partial charge in [0.15, 0.2) is 0 Å². The number of halogens is 1. The predicted octanol–water partition coefficient (Wildman–Crippen LogP) is 2.98. The van der Waals surface area contributed by atoms with Crippen molar-refractivity contribution in [3.63, 3.8) is 0 Å². The van der Waals surface area contributed by atoms with Gasteiger partial charge < -0.3 is 10.2 Å². The molecule has 1 aromatic heterocycles. The summed E-state index contributed by atoms with van der Waals surface area (Å²) in [6, 6.07) is 7.82. The molecular formula is C15H15ClN4O. The van der Waals surface area contributed by atoms with Crippen molar-refractivity contribution >= 4 is 28.9 Å². The Bertz CT molecular complexity index is 656. The number of hydrogen-bond acceptors (Lipinski definition) is 4. The zero-order chi connectivity index (χ0) is 14.7. The van der Waals surface area contributed by atoms with E-state index < -0.39 is 0 Å². The highest BCUT2D eigenvalue weighted by molar-refractivity contribution is 6.29. The Balaban J connectivity index is 1.75. The molecule has 1 aromatic carbocycles. The number of carbonyl (C=O) groups excluding carboxylic acids is 1. The van der Waals surface area contributed by atoms with Crippen molar-refractivity contribution in [1.82, 2.24) is 9.97 Å². The van der Waals surface area contributed by atoms with E-state index in [0.717, 1.165) is 24.5 Å². The van der Waals surface area contributed by atoms with Crippen LogP contribution in [0.3, 0.4) is 0 Å². The highest BCUT2D eigenvalue weighted by Crippen LogP contribution is 2.23. The molecule has 5 nitrogen and oxygen atoms in total. The molecule has 0 saturated carbocycles. The first-order valence-corrected chi connectivity index (χ1v) is 7.24. The van der Waals surface area contributed by atoms with Gasteiger partial charge >= 0.3 is 0 Å². The fourth-order valence-electron chi connectivity index (χ4n) is 2.40. The fraction of sp³-hybridized carbons (Fsp3) is 0.267. The molecule has 0 unspecified atom stereocenters. The number of carbonyl (C=O) groups is 1. The molecule has 2 heterocycles. The van der Waals surface area contributed by atoms with E-state index in [2.05, 4.69) is 26.3 Å². The van der Waals surface area contributed by atoms with Gasteiger partial charge in [-0.15, -0.1) is 0 Å². The monoisotopic (exact) mass is 302 g/mol. The minimum Gasteiger partial charge on any atom is -0.371 e. The van der Waals surface area contributed by atoms with Gasteiger partial charge in [0.1, 0.15) is 10.8 Å². The quantitative estimate of drug-likeness (QED) is 0.947. The number of rotatable bonds is 3. The standard InChI is InChI=1S/C15H15ClN4O/c16-14-10-17-9-13(19-14)15(21)18-11-4-3-5-12(8-11)20-6-1-2-7-20/h3-5,8-10H,1-2,6-7H2,(H,18,21). The third-order valence-corrected chi connectivity index (χ3v) is 3.60. The largest absolute Gasteiger partial charge is 0.371 e. The van der Waals surface area contributed by atoms with E-state index in [9.17, 15) is 4.79 Å². The van der Waals surface area contributed by atoms with Crippen molar-refractivity contribution in [3.05, 3.63) is 47.5 Å². The third kappa shape index (κ3) is 3.31. The Morgan fingerprint density at radius 2 is 2.05 bits per heavy atom. The molecule has 0 spiro atoms. The Kier molecular flexibility index (Phi) is 4.01. The van der Waals surface area contributed by atoms with Gasteiger partial charge in [-0.3, -0.25) is 9.78 Å². The SMILES string of the molecule is O=C(Nc1cccc(N2CCCC2)c1)c1cncc(Cl)n1. The minimum absolute atomic E-state index is 0.202. The number of amides is 1. The Labute approximate surface area is 128 Å². The van der Waals surface area contributed by atoms with Crippen LogP contribution in [0.25, 0.3) is 0 Å². The van der Waals surface area contributed by atoms with E-state index in [1.165, 1.54) is 25.2 Å². The van der Waals surface area contributed by atoms with Crippen LogP contribution in [0.5, 0.6) is 0 Å². The molecule has 2 aromatic rings. The molecule has 1 saturated heterocycles. The summed E-state index contributed by atoms with van der Waals surface area (Å²) in [5, 5.41) is 3.02. The van der Waals surface area contributed by atoms with Crippen molar-refractivity contribution in [1.29, 1.82) is 0 Å². The van der Waals surface area contributed by atoms with Crippen LogP contribution >= 0.6 is 11.6 Å². The maximum atomic E-state index is 12.1. The van der Waals surface area contributed by atoms with Gasteiger partial charge in [0.05, 0.1) is 12.4 Å². The van der Waals surface area contributed by atoms with Gasteiger partial charge in [0, 0.05) is 24.5 Å². The van der Waals surface area contributed by atoms with Gasteiger partial charge in [0.25, 0.3) is 5.91 Å². The maximum Gasteiger partial charge on any atom is 0.275 e. The minimum atomic E-state index is -0.316. The number of nitrogens with one attached hydrogen (secondary N) is 1. The first-order valence-electron chi connectivity index (χ1n) is 6.86. The average Bonchev–Trinajstić information content (AvgIpc) is 3.02. The summed E-state index contributed by atoms with van der Waals surface area (Å²) in [6.07, 6.45) is 5.22. The van der Waals surface area contributed by atoms with Crippen LogP contribution in [0.4, 0.5) is 11.4 Å². The van der Waals surface area contributed by atoms with E-state index in [1.807, 2.05) is 18.2 Å². The smallest absolute Gasteiger partial charge is 0.275 e. The van der Waals surface area contributed by atoms with Crippen LogP contribution in [-0.2, 0) is 0 Å². The molecule has 1 fully saturated rings. The molecule has 0 aliphatic carbocycles. The highest BCUT2D eigenvalue weighted by atomic mass is 35.5. The number of anilines is 2. The van der Waals surface area contributed by atoms with Gasteiger partial charge in [-0.05, 0) is 31.0 Å². The highest BCUT2D eigenvalue weighted by Gasteiger charge is 2.13. The van der Waals surface area contributed by atoms with Crippen molar-refractivity contribution in [2.75, 3.05) is 23.3 Å². The lowest BCUT2D eigenvalue weighted by atomic mass is 10.2. The fourth-order valence-corrected chi connectivity index (χ4v) is 2.55. The number of benzene rings is 1. The van der Waals surface area contributed by atoms with Crippen molar-refractivity contribution in [2.24, 2.45) is 0 Å². The Hall–Kier alpha value is -2.14. The van der Waals surface area contributed by atoms with E-state index in [0.29, 0.717) is 0 Å². The predicted molar refractivity (Wildman–Crippen MR) is 82.9 cm³/mol.